The quantitative estimate of drug-likeness (QED) is 0.384. The summed E-state index contributed by atoms with van der Waals surface area (Å²) in [5, 5.41) is 0. The number of hydrogen-bond donors (Lipinski definition) is 0. The van der Waals surface area contributed by atoms with E-state index in [1.54, 1.807) is 0 Å². The van der Waals surface area contributed by atoms with Crippen molar-refractivity contribution in [3.63, 3.8) is 0 Å². The van der Waals surface area contributed by atoms with Crippen LogP contribution >= 0.6 is 0 Å². The van der Waals surface area contributed by atoms with Gasteiger partial charge in [-0.15, -0.1) is 0 Å². The van der Waals surface area contributed by atoms with Crippen molar-refractivity contribution in [2.24, 2.45) is 41.4 Å². The topological polar surface area (TPSA) is 0 Å². The Morgan fingerprint density at radius 2 is 1.32 bits per heavy atom. The minimum atomic E-state index is -6.22. The Morgan fingerprint density at radius 1 is 0.727 bits per heavy atom. The van der Waals surface area contributed by atoms with Crippen molar-refractivity contribution in [1.29, 1.82) is 0 Å². The summed E-state index contributed by atoms with van der Waals surface area (Å²) in [6.07, 6.45) is -1.21. The second kappa shape index (κ2) is 4.01. The van der Waals surface area contributed by atoms with Crippen molar-refractivity contribution < 1.29 is 30.7 Å². The molecule has 0 saturated heterocycles. The number of allylic oxidation sites excluding steroid dienone is 2. The van der Waals surface area contributed by atoms with E-state index in [0.29, 0.717) is 12.3 Å². The molecule has 0 aromatic heterocycles. The Labute approximate surface area is 122 Å². The largest absolute Gasteiger partial charge is 0.459 e. The zero-order chi connectivity index (χ0) is 16.1. The molecule has 0 heterocycles. The smallest absolute Gasteiger partial charge is 0.199 e. The third-order valence-electron chi connectivity index (χ3n) is 6.51. The zero-order valence-corrected chi connectivity index (χ0v) is 11.5. The van der Waals surface area contributed by atoms with Crippen LogP contribution in [0.4, 0.5) is 30.7 Å². The van der Waals surface area contributed by atoms with Crippen molar-refractivity contribution in [3.8, 4) is 0 Å². The third-order valence-corrected chi connectivity index (χ3v) is 6.51. The summed E-state index contributed by atoms with van der Waals surface area (Å²) < 4.78 is 92.0. The molecule has 7 unspecified atom stereocenters. The first-order valence-electron chi connectivity index (χ1n) is 7.56. The van der Waals surface area contributed by atoms with E-state index >= 15 is 0 Å². The van der Waals surface area contributed by atoms with Crippen LogP contribution in [-0.2, 0) is 0 Å². The minimum Gasteiger partial charge on any atom is -0.199 e. The molecule has 124 valence electrons. The molecule has 0 spiro atoms. The van der Waals surface area contributed by atoms with Crippen molar-refractivity contribution in [2.75, 3.05) is 0 Å². The van der Waals surface area contributed by atoms with Crippen LogP contribution < -0.4 is 0 Å². The van der Waals surface area contributed by atoms with E-state index in [0.717, 1.165) is 6.42 Å². The van der Waals surface area contributed by atoms with Crippen LogP contribution in [0.25, 0.3) is 0 Å². The van der Waals surface area contributed by atoms with Gasteiger partial charge in [0.2, 0.25) is 0 Å². The van der Waals surface area contributed by atoms with Gasteiger partial charge in [0.15, 0.2) is 0 Å². The summed E-state index contributed by atoms with van der Waals surface area (Å²) in [4.78, 5) is 0. The Bertz CT molecular complexity index is 520. The van der Waals surface area contributed by atoms with E-state index in [9.17, 15) is 30.7 Å². The first-order chi connectivity index (χ1) is 10.1. The maximum atomic E-state index is 14.1. The fraction of sp³-hybridized carbons (Fsp3) is 0.867. The molecule has 0 radical (unpaired) electrons. The predicted octanol–water partition coefficient (Wildman–Crippen LogP) is 4.91. The summed E-state index contributed by atoms with van der Waals surface area (Å²) in [5.41, 5.74) is 0. The predicted molar refractivity (Wildman–Crippen MR) is 63.4 cm³/mol. The molecule has 4 rings (SSSR count). The first kappa shape index (κ1) is 14.8. The Kier molecular flexibility index (Phi) is 2.70. The molecule has 0 amide bonds. The van der Waals surface area contributed by atoms with Gasteiger partial charge < -0.3 is 0 Å². The zero-order valence-electron chi connectivity index (χ0n) is 11.5. The van der Waals surface area contributed by atoms with E-state index in [-0.39, 0.29) is 30.1 Å². The molecule has 0 N–H and O–H groups in total. The number of fused-ring (bicyclic) bond motifs is 9. The highest BCUT2D eigenvalue weighted by molar-refractivity contribution is 5.22. The van der Waals surface area contributed by atoms with E-state index in [1.165, 1.54) is 0 Å². The van der Waals surface area contributed by atoms with Gasteiger partial charge in [0.1, 0.15) is 0 Å². The lowest BCUT2D eigenvalue weighted by Crippen LogP contribution is -2.57. The summed E-state index contributed by atoms with van der Waals surface area (Å²) in [6.45, 7) is 0. The third kappa shape index (κ3) is 1.55. The molecule has 4 aliphatic carbocycles. The van der Waals surface area contributed by atoms with Crippen molar-refractivity contribution in [3.05, 3.63) is 12.2 Å². The number of rotatable bonds is 2. The van der Waals surface area contributed by atoms with Gasteiger partial charge in [-0.2, -0.15) is 30.7 Å². The number of alkyl halides is 7. The maximum Gasteiger partial charge on any atom is 0.459 e. The Hall–Kier alpha value is -0.750. The molecule has 3 saturated carbocycles. The number of hydrogen-bond acceptors (Lipinski definition) is 0. The SMILES string of the molecule is FC(F)(F)C(F)(F)C(F)(F)C1CC2CC1C1C3C=CC(C3)C21. The fourth-order valence-electron chi connectivity index (χ4n) is 5.85. The van der Waals surface area contributed by atoms with Crippen LogP contribution in [-0.4, -0.2) is 18.0 Å². The summed E-state index contributed by atoms with van der Waals surface area (Å²) >= 11 is 0. The summed E-state index contributed by atoms with van der Waals surface area (Å²) in [5.74, 6) is -13.2. The van der Waals surface area contributed by atoms with E-state index in [1.807, 2.05) is 6.08 Å². The second-order valence-corrected chi connectivity index (χ2v) is 7.30. The molecular formula is C15H15F7. The standard InChI is InChI=1S/C15H15F7/c16-13(17,14(18,19)15(20,21)22)10-5-8-4-9(10)12-7-2-1-6(3-7)11(8)12/h1-2,6-12H,3-5H2. The van der Waals surface area contributed by atoms with Crippen molar-refractivity contribution in [1.82, 2.24) is 0 Å². The van der Waals surface area contributed by atoms with Crippen LogP contribution in [0.5, 0.6) is 0 Å². The van der Waals surface area contributed by atoms with Gasteiger partial charge in [-0.05, 0) is 54.8 Å². The van der Waals surface area contributed by atoms with Crippen LogP contribution in [0.15, 0.2) is 12.2 Å². The van der Waals surface area contributed by atoms with Gasteiger partial charge >= 0.3 is 18.0 Å². The molecule has 4 bridgehead atoms. The van der Waals surface area contributed by atoms with Gasteiger partial charge in [-0.1, -0.05) is 12.2 Å². The lowest BCUT2D eigenvalue weighted by Gasteiger charge is -2.42. The monoisotopic (exact) mass is 328 g/mol. The average Bonchev–Trinajstić information content (AvgIpc) is 3.15. The lowest BCUT2D eigenvalue weighted by atomic mass is 9.67. The summed E-state index contributed by atoms with van der Waals surface area (Å²) in [6, 6.07) is 0. The van der Waals surface area contributed by atoms with Gasteiger partial charge in [-0.3, -0.25) is 0 Å². The molecular weight excluding hydrogens is 313 g/mol. The molecule has 0 aromatic carbocycles. The van der Waals surface area contributed by atoms with Crippen molar-refractivity contribution in [2.45, 2.75) is 37.3 Å². The normalized spacial score (nSPS) is 46.6. The highest BCUT2D eigenvalue weighted by Crippen LogP contribution is 2.70. The molecule has 3 fully saturated rings. The van der Waals surface area contributed by atoms with Crippen LogP contribution in [0.3, 0.4) is 0 Å². The minimum absolute atomic E-state index is 0.0862. The molecule has 0 nitrogen and oxygen atoms in total. The van der Waals surface area contributed by atoms with E-state index in [2.05, 4.69) is 6.08 Å². The Balaban J connectivity index is 1.64. The van der Waals surface area contributed by atoms with Crippen LogP contribution in [0.2, 0.25) is 0 Å². The maximum absolute atomic E-state index is 14.1. The molecule has 22 heavy (non-hydrogen) atoms. The van der Waals surface area contributed by atoms with Crippen LogP contribution in [0.1, 0.15) is 19.3 Å². The molecule has 7 atom stereocenters. The molecule has 0 aromatic rings. The molecule has 0 aliphatic heterocycles. The highest BCUT2D eigenvalue weighted by atomic mass is 19.4. The van der Waals surface area contributed by atoms with E-state index < -0.39 is 29.9 Å². The van der Waals surface area contributed by atoms with Crippen LogP contribution in [0, 0.1) is 41.4 Å². The number of halogens is 7. The molecule has 4 aliphatic rings. The lowest BCUT2D eigenvalue weighted by molar-refractivity contribution is -0.369. The highest BCUT2D eigenvalue weighted by Gasteiger charge is 2.78. The van der Waals surface area contributed by atoms with Gasteiger partial charge in [0.05, 0.1) is 0 Å². The second-order valence-electron chi connectivity index (χ2n) is 7.30. The summed E-state index contributed by atoms with van der Waals surface area (Å²) in [7, 11) is 0. The first-order valence-corrected chi connectivity index (χ1v) is 7.56. The van der Waals surface area contributed by atoms with E-state index in [4.69, 9.17) is 0 Å². The van der Waals surface area contributed by atoms with Gasteiger partial charge in [-0.25, -0.2) is 0 Å². The van der Waals surface area contributed by atoms with Gasteiger partial charge in [0, 0.05) is 5.92 Å². The Morgan fingerprint density at radius 3 is 1.91 bits per heavy atom. The average molecular weight is 328 g/mol. The van der Waals surface area contributed by atoms with Gasteiger partial charge in [0.25, 0.3) is 0 Å². The molecule has 7 heteroatoms. The fourth-order valence-corrected chi connectivity index (χ4v) is 5.85. The van der Waals surface area contributed by atoms with Crippen molar-refractivity contribution >= 4 is 0 Å².